The van der Waals surface area contributed by atoms with Crippen molar-refractivity contribution in [2.24, 2.45) is 11.1 Å². The van der Waals surface area contributed by atoms with Gasteiger partial charge >= 0.3 is 0 Å². The van der Waals surface area contributed by atoms with E-state index in [0.717, 1.165) is 43.9 Å². The van der Waals surface area contributed by atoms with Gasteiger partial charge in [0.15, 0.2) is 0 Å². The van der Waals surface area contributed by atoms with E-state index < -0.39 is 17.7 Å². The van der Waals surface area contributed by atoms with Crippen LogP contribution in [0, 0.1) is 17.0 Å². The van der Waals surface area contributed by atoms with Crippen LogP contribution in [0.5, 0.6) is 0 Å². The Morgan fingerprint density at radius 3 is 2.60 bits per heavy atom. The first-order valence-electron chi connectivity index (χ1n) is 7.19. The van der Waals surface area contributed by atoms with E-state index in [-0.39, 0.29) is 18.3 Å². The van der Waals surface area contributed by atoms with Crippen LogP contribution >= 0.6 is 0 Å². The summed E-state index contributed by atoms with van der Waals surface area (Å²) in [6.07, 6.45) is 4.45. The topological polar surface area (TPSA) is 35.2 Å². The SMILES string of the molecule is CC1(C)CCC(OCC(N)c2cc(F)ccc2F)CC1. The molecule has 1 unspecified atom stereocenters. The molecule has 0 heterocycles. The summed E-state index contributed by atoms with van der Waals surface area (Å²) in [5, 5.41) is 0. The van der Waals surface area contributed by atoms with Crippen LogP contribution in [0.2, 0.25) is 0 Å². The molecule has 2 rings (SSSR count). The molecule has 1 fully saturated rings. The number of benzene rings is 1. The number of hydrogen-bond acceptors (Lipinski definition) is 2. The van der Waals surface area contributed by atoms with Crippen molar-refractivity contribution in [3.63, 3.8) is 0 Å². The van der Waals surface area contributed by atoms with Gasteiger partial charge in [-0.15, -0.1) is 0 Å². The van der Waals surface area contributed by atoms with Gasteiger partial charge in [0.2, 0.25) is 0 Å². The van der Waals surface area contributed by atoms with E-state index in [2.05, 4.69) is 13.8 Å². The van der Waals surface area contributed by atoms with Crippen LogP contribution in [0.3, 0.4) is 0 Å². The van der Waals surface area contributed by atoms with Gasteiger partial charge in [0.05, 0.1) is 18.8 Å². The van der Waals surface area contributed by atoms with Gasteiger partial charge in [-0.2, -0.15) is 0 Å². The number of ether oxygens (including phenoxy) is 1. The highest BCUT2D eigenvalue weighted by Gasteiger charge is 2.27. The number of nitrogens with two attached hydrogens (primary N) is 1. The van der Waals surface area contributed by atoms with Gasteiger partial charge in [0.25, 0.3) is 0 Å². The van der Waals surface area contributed by atoms with E-state index in [1.54, 1.807) is 0 Å². The van der Waals surface area contributed by atoms with E-state index in [1.807, 2.05) is 0 Å². The van der Waals surface area contributed by atoms with E-state index >= 15 is 0 Å². The highest BCUT2D eigenvalue weighted by Crippen LogP contribution is 2.36. The van der Waals surface area contributed by atoms with Gasteiger partial charge in [-0.1, -0.05) is 13.8 Å². The molecule has 0 amide bonds. The fraction of sp³-hybridized carbons (Fsp3) is 0.625. The molecule has 2 N–H and O–H groups in total. The van der Waals surface area contributed by atoms with E-state index in [4.69, 9.17) is 10.5 Å². The molecule has 1 saturated carbocycles. The highest BCUT2D eigenvalue weighted by molar-refractivity contribution is 5.22. The maximum Gasteiger partial charge on any atom is 0.128 e. The number of halogens is 2. The molecule has 0 radical (unpaired) electrons. The molecule has 0 bridgehead atoms. The standard InChI is InChI=1S/C16H23F2NO/c1-16(2)7-5-12(6-8-16)20-10-15(19)13-9-11(17)3-4-14(13)18/h3-4,9,12,15H,5-8,10,19H2,1-2H3. The van der Waals surface area contributed by atoms with Crippen LogP contribution < -0.4 is 5.73 Å². The average Bonchev–Trinajstić information content (AvgIpc) is 2.40. The predicted octanol–water partition coefficient (Wildman–Crippen LogP) is 3.95. The smallest absolute Gasteiger partial charge is 0.128 e. The molecule has 1 aliphatic carbocycles. The molecule has 112 valence electrons. The van der Waals surface area contributed by atoms with Crippen LogP contribution in [0.15, 0.2) is 18.2 Å². The number of hydrogen-bond donors (Lipinski definition) is 1. The molecule has 0 aromatic heterocycles. The Morgan fingerprint density at radius 2 is 1.95 bits per heavy atom. The molecule has 20 heavy (non-hydrogen) atoms. The fourth-order valence-corrected chi connectivity index (χ4v) is 2.67. The monoisotopic (exact) mass is 283 g/mol. The van der Waals surface area contributed by atoms with Gasteiger partial charge in [-0.05, 0) is 49.3 Å². The van der Waals surface area contributed by atoms with Crippen LogP contribution in [0.4, 0.5) is 8.78 Å². The van der Waals surface area contributed by atoms with Crippen molar-refractivity contribution in [1.29, 1.82) is 0 Å². The maximum absolute atomic E-state index is 13.6. The first-order chi connectivity index (χ1) is 9.37. The Morgan fingerprint density at radius 1 is 1.30 bits per heavy atom. The van der Waals surface area contributed by atoms with Gasteiger partial charge < -0.3 is 10.5 Å². The third-order valence-electron chi connectivity index (χ3n) is 4.16. The summed E-state index contributed by atoms with van der Waals surface area (Å²) in [7, 11) is 0. The molecule has 4 heteroatoms. The minimum Gasteiger partial charge on any atom is -0.376 e. The summed E-state index contributed by atoms with van der Waals surface area (Å²) in [5.41, 5.74) is 6.47. The van der Waals surface area contributed by atoms with Crippen LogP contribution in [-0.2, 0) is 4.74 Å². The molecule has 1 aromatic rings. The van der Waals surface area contributed by atoms with Crippen molar-refractivity contribution in [2.45, 2.75) is 51.7 Å². The van der Waals surface area contributed by atoms with E-state index in [9.17, 15) is 8.78 Å². The minimum atomic E-state index is -0.624. The van der Waals surface area contributed by atoms with Crippen molar-refractivity contribution in [1.82, 2.24) is 0 Å². The normalized spacial score (nSPS) is 20.9. The van der Waals surface area contributed by atoms with Gasteiger partial charge in [-0.25, -0.2) is 8.78 Å². The first kappa shape index (κ1) is 15.4. The summed E-state index contributed by atoms with van der Waals surface area (Å²) in [6.45, 7) is 4.75. The van der Waals surface area contributed by atoms with Gasteiger partial charge in [-0.3, -0.25) is 0 Å². The Labute approximate surface area is 119 Å². The van der Waals surface area contributed by atoms with E-state index in [0.29, 0.717) is 5.41 Å². The van der Waals surface area contributed by atoms with Crippen LogP contribution in [0.25, 0.3) is 0 Å². The molecule has 0 aliphatic heterocycles. The van der Waals surface area contributed by atoms with Crippen molar-refractivity contribution in [3.05, 3.63) is 35.4 Å². The predicted molar refractivity (Wildman–Crippen MR) is 75.3 cm³/mol. The quantitative estimate of drug-likeness (QED) is 0.908. The second-order valence-electron chi connectivity index (χ2n) is 6.47. The zero-order chi connectivity index (χ0) is 14.8. The third-order valence-corrected chi connectivity index (χ3v) is 4.16. The highest BCUT2D eigenvalue weighted by atomic mass is 19.1. The zero-order valence-corrected chi connectivity index (χ0v) is 12.2. The van der Waals surface area contributed by atoms with Gasteiger partial charge in [0, 0.05) is 5.56 Å². The Hall–Kier alpha value is -1.00. The summed E-state index contributed by atoms with van der Waals surface area (Å²) in [4.78, 5) is 0. The van der Waals surface area contributed by atoms with Crippen LogP contribution in [0.1, 0.15) is 51.1 Å². The molecule has 0 spiro atoms. The lowest BCUT2D eigenvalue weighted by Crippen LogP contribution is -2.29. The van der Waals surface area contributed by atoms with E-state index in [1.165, 1.54) is 0 Å². The molecular weight excluding hydrogens is 260 g/mol. The zero-order valence-electron chi connectivity index (χ0n) is 12.2. The fourth-order valence-electron chi connectivity index (χ4n) is 2.67. The summed E-state index contributed by atoms with van der Waals surface area (Å²) in [6, 6.07) is 2.72. The molecule has 2 nitrogen and oxygen atoms in total. The molecule has 0 saturated heterocycles. The molecular formula is C16H23F2NO. The van der Waals surface area contributed by atoms with Crippen molar-refractivity contribution >= 4 is 0 Å². The van der Waals surface area contributed by atoms with Crippen LogP contribution in [-0.4, -0.2) is 12.7 Å². The van der Waals surface area contributed by atoms with Gasteiger partial charge in [0.1, 0.15) is 11.6 Å². The Bertz CT molecular complexity index is 452. The third kappa shape index (κ3) is 4.00. The molecule has 1 aliphatic rings. The molecule has 1 atom stereocenters. The first-order valence-corrected chi connectivity index (χ1v) is 7.19. The Kier molecular flexibility index (Phi) is 4.76. The van der Waals surface area contributed by atoms with Crippen molar-refractivity contribution in [2.75, 3.05) is 6.61 Å². The summed E-state index contributed by atoms with van der Waals surface area (Å²) in [5.74, 6) is -0.955. The lowest BCUT2D eigenvalue weighted by atomic mass is 9.76. The largest absolute Gasteiger partial charge is 0.376 e. The van der Waals surface area contributed by atoms with Crippen molar-refractivity contribution in [3.8, 4) is 0 Å². The summed E-state index contributed by atoms with van der Waals surface area (Å²) < 4.78 is 32.5. The summed E-state index contributed by atoms with van der Waals surface area (Å²) >= 11 is 0. The maximum atomic E-state index is 13.6. The lowest BCUT2D eigenvalue weighted by molar-refractivity contribution is -0.00216. The lowest BCUT2D eigenvalue weighted by Gasteiger charge is -2.34. The minimum absolute atomic E-state index is 0.182. The molecule has 1 aromatic carbocycles. The number of rotatable bonds is 4. The average molecular weight is 283 g/mol. The second kappa shape index (κ2) is 6.19. The Balaban J connectivity index is 1.86. The second-order valence-corrected chi connectivity index (χ2v) is 6.47. The van der Waals surface area contributed by atoms with Crippen molar-refractivity contribution < 1.29 is 13.5 Å².